The molecular weight excluding hydrogens is 224 g/mol. The summed E-state index contributed by atoms with van der Waals surface area (Å²) < 4.78 is 8.08. The summed E-state index contributed by atoms with van der Waals surface area (Å²) in [5.41, 5.74) is 2.37. The molecule has 0 fully saturated rings. The molecular formula is C15H14N2O. The van der Waals surface area contributed by atoms with Crippen molar-refractivity contribution in [3.8, 4) is 0 Å². The van der Waals surface area contributed by atoms with E-state index >= 15 is 0 Å². The van der Waals surface area contributed by atoms with Gasteiger partial charge < -0.3 is 10.2 Å². The lowest BCUT2D eigenvalue weighted by Gasteiger charge is -2.36. The fourth-order valence-corrected chi connectivity index (χ4v) is 2.28. The van der Waals surface area contributed by atoms with Crippen molar-refractivity contribution in [2.75, 3.05) is 11.9 Å². The maximum atomic E-state index is 12.3. The molecule has 90 valence electrons. The quantitative estimate of drug-likeness (QED) is 0.829. The Morgan fingerprint density at radius 3 is 2.56 bits per heavy atom. The Morgan fingerprint density at radius 1 is 1.11 bits per heavy atom. The molecule has 1 aliphatic heterocycles. The maximum Gasteiger partial charge on any atom is 0.255 e. The summed E-state index contributed by atoms with van der Waals surface area (Å²) in [7, 11) is 1.91. The van der Waals surface area contributed by atoms with E-state index in [1.165, 1.54) is 0 Å². The van der Waals surface area contributed by atoms with E-state index in [4.69, 9.17) is 1.41 Å². The Hall–Kier alpha value is -2.29. The number of anilines is 1. The van der Waals surface area contributed by atoms with Crippen LogP contribution in [0.1, 0.15) is 22.1 Å². The summed E-state index contributed by atoms with van der Waals surface area (Å²) in [4.78, 5) is 14.2. The standard InChI is InChI=1S/C15H14N2O/c1-17-13-10-6-5-9-12(13)15(18)16-14(17)11-7-3-2-4-8-11/h2-10,14H,1H3,(H,16,18)/i/hD. The van der Waals surface area contributed by atoms with Crippen LogP contribution in [0, 0.1) is 0 Å². The highest BCUT2D eigenvalue weighted by atomic mass is 16.2. The van der Waals surface area contributed by atoms with Crippen LogP contribution in [0.25, 0.3) is 0 Å². The van der Waals surface area contributed by atoms with Gasteiger partial charge in [0.1, 0.15) is 6.17 Å². The van der Waals surface area contributed by atoms with Gasteiger partial charge in [0.05, 0.1) is 11.3 Å². The Bertz CT molecular complexity index is 615. The van der Waals surface area contributed by atoms with E-state index in [-0.39, 0.29) is 12.1 Å². The highest BCUT2D eigenvalue weighted by Crippen LogP contribution is 2.31. The lowest BCUT2D eigenvalue weighted by atomic mass is 10.0. The number of benzene rings is 2. The first kappa shape index (κ1) is 9.71. The normalized spacial score (nSPS) is 19.5. The number of hydrogen-bond acceptors (Lipinski definition) is 2. The molecule has 1 unspecified atom stereocenters. The highest BCUT2D eigenvalue weighted by molar-refractivity contribution is 6.01. The molecule has 0 saturated carbocycles. The third kappa shape index (κ3) is 1.64. The highest BCUT2D eigenvalue weighted by Gasteiger charge is 2.28. The average molecular weight is 239 g/mol. The summed E-state index contributed by atoms with van der Waals surface area (Å²) in [5.74, 6) is -0.262. The number of nitrogens with one attached hydrogen (secondary N) is 1. The monoisotopic (exact) mass is 239 g/mol. The van der Waals surface area contributed by atoms with Crippen LogP contribution in [-0.4, -0.2) is 13.0 Å². The molecule has 3 rings (SSSR count). The molecule has 0 bridgehead atoms. The van der Waals surface area contributed by atoms with Crippen molar-refractivity contribution in [3.63, 3.8) is 0 Å². The Kier molecular flexibility index (Phi) is 2.26. The Labute approximate surface area is 108 Å². The zero-order valence-electron chi connectivity index (χ0n) is 11.1. The zero-order valence-corrected chi connectivity index (χ0v) is 10.1. The molecule has 2 aromatic carbocycles. The SMILES string of the molecule is [2H]N1C(=O)c2ccccc2N(C)C1c1ccccc1. The van der Waals surface area contributed by atoms with E-state index in [2.05, 4.69) is 0 Å². The zero-order chi connectivity index (χ0) is 13.4. The van der Waals surface area contributed by atoms with Gasteiger partial charge in [-0.05, 0) is 17.7 Å². The molecule has 3 nitrogen and oxygen atoms in total. The molecule has 1 atom stereocenters. The van der Waals surface area contributed by atoms with Crippen LogP contribution in [0.4, 0.5) is 5.69 Å². The van der Waals surface area contributed by atoms with E-state index in [0.29, 0.717) is 5.56 Å². The number of hydrogen-bond donors (Lipinski definition) is 1. The van der Waals surface area contributed by atoms with Gasteiger partial charge in [-0.2, -0.15) is 0 Å². The molecule has 0 aliphatic carbocycles. The topological polar surface area (TPSA) is 32.3 Å². The third-order valence-electron chi connectivity index (χ3n) is 3.22. The fourth-order valence-electron chi connectivity index (χ4n) is 2.28. The Morgan fingerprint density at radius 2 is 1.78 bits per heavy atom. The van der Waals surface area contributed by atoms with Gasteiger partial charge in [0, 0.05) is 7.05 Å². The van der Waals surface area contributed by atoms with Gasteiger partial charge in [-0.25, -0.2) is 0 Å². The number of para-hydroxylation sites is 1. The first-order chi connectivity index (χ1) is 9.20. The molecule has 1 amide bonds. The van der Waals surface area contributed by atoms with E-state index in [9.17, 15) is 4.79 Å². The van der Waals surface area contributed by atoms with E-state index in [1.54, 1.807) is 6.07 Å². The van der Waals surface area contributed by atoms with E-state index in [1.807, 2.05) is 60.5 Å². The lowest BCUT2D eigenvalue weighted by Crippen LogP contribution is -2.44. The summed E-state index contributed by atoms with van der Waals surface area (Å²) in [5, 5.41) is 1.04. The molecule has 3 heteroatoms. The van der Waals surface area contributed by atoms with Crippen molar-refractivity contribution in [2.24, 2.45) is 0 Å². The van der Waals surface area contributed by atoms with E-state index < -0.39 is 0 Å². The summed E-state index contributed by atoms with van der Waals surface area (Å²) in [6.45, 7) is 0. The number of carbonyl (C=O) groups is 1. The van der Waals surface area contributed by atoms with Crippen LogP contribution in [0.2, 0.25) is 1.41 Å². The van der Waals surface area contributed by atoms with Crippen molar-refractivity contribution >= 4 is 11.6 Å². The van der Waals surface area contributed by atoms with Crippen molar-refractivity contribution in [3.05, 3.63) is 65.7 Å². The molecule has 2 aromatic rings. The van der Waals surface area contributed by atoms with Gasteiger partial charge in [-0.1, -0.05) is 42.5 Å². The minimum Gasteiger partial charge on any atom is -0.350 e. The minimum absolute atomic E-state index is 0.262. The molecule has 1 aliphatic rings. The van der Waals surface area contributed by atoms with Crippen LogP contribution >= 0.6 is 0 Å². The molecule has 1 heterocycles. The molecule has 18 heavy (non-hydrogen) atoms. The average Bonchev–Trinajstić information content (AvgIpc) is 2.46. The maximum absolute atomic E-state index is 12.3. The largest absolute Gasteiger partial charge is 0.350 e. The van der Waals surface area contributed by atoms with Crippen molar-refractivity contribution in [2.45, 2.75) is 6.17 Å². The molecule has 0 saturated heterocycles. The van der Waals surface area contributed by atoms with Crippen molar-refractivity contribution in [1.29, 1.82) is 0 Å². The molecule has 1 N–H and O–H groups in total. The van der Waals surface area contributed by atoms with Crippen LogP contribution in [-0.2, 0) is 0 Å². The van der Waals surface area contributed by atoms with Gasteiger partial charge >= 0.3 is 0 Å². The second-order valence-electron chi connectivity index (χ2n) is 4.35. The van der Waals surface area contributed by atoms with Crippen LogP contribution in [0.3, 0.4) is 0 Å². The van der Waals surface area contributed by atoms with Crippen molar-refractivity contribution < 1.29 is 6.21 Å². The van der Waals surface area contributed by atoms with Crippen LogP contribution in [0.5, 0.6) is 0 Å². The van der Waals surface area contributed by atoms with Gasteiger partial charge in [0.15, 0.2) is 1.41 Å². The number of rotatable bonds is 1. The summed E-state index contributed by atoms with van der Waals surface area (Å²) in [6, 6.07) is 17.0. The van der Waals surface area contributed by atoms with E-state index in [0.717, 1.165) is 16.6 Å². The molecule has 0 radical (unpaired) electrons. The first-order valence-corrected chi connectivity index (χ1v) is 5.89. The summed E-state index contributed by atoms with van der Waals surface area (Å²) in [6.07, 6.45) is -0.386. The number of fused-ring (bicyclic) bond motifs is 1. The number of amides is 1. The van der Waals surface area contributed by atoms with Crippen LogP contribution < -0.4 is 10.2 Å². The lowest BCUT2D eigenvalue weighted by molar-refractivity contribution is 0.0928. The van der Waals surface area contributed by atoms with Crippen LogP contribution in [0.15, 0.2) is 54.6 Å². The van der Waals surface area contributed by atoms with Gasteiger partial charge in [-0.3, -0.25) is 4.79 Å². The predicted molar refractivity (Wildman–Crippen MR) is 71.5 cm³/mol. The summed E-state index contributed by atoms with van der Waals surface area (Å²) >= 11 is 0. The Balaban J connectivity index is 2.12. The van der Waals surface area contributed by atoms with Gasteiger partial charge in [0.25, 0.3) is 5.91 Å². The predicted octanol–water partition coefficient (Wildman–Crippen LogP) is 2.57. The minimum atomic E-state index is -0.386. The number of nitrogens with zero attached hydrogens (tertiary/aromatic N) is 1. The third-order valence-corrected chi connectivity index (χ3v) is 3.22. The second-order valence-corrected chi connectivity index (χ2v) is 4.35. The first-order valence-electron chi connectivity index (χ1n) is 6.34. The molecule has 0 spiro atoms. The smallest absolute Gasteiger partial charge is 0.255 e. The fraction of sp³-hybridized carbons (Fsp3) is 0.133. The van der Waals surface area contributed by atoms with Crippen molar-refractivity contribution in [1.82, 2.24) is 5.31 Å². The number of carbonyl (C=O) groups excluding carboxylic acids is 1. The molecule has 0 aromatic heterocycles. The van der Waals surface area contributed by atoms with Gasteiger partial charge in [-0.15, -0.1) is 0 Å². The second kappa shape index (κ2) is 4.18. The van der Waals surface area contributed by atoms with Gasteiger partial charge in [0.2, 0.25) is 0 Å².